The molecule has 2 heteroatoms. The molecule has 0 saturated heterocycles. The Morgan fingerprint density at radius 2 is 1.87 bits per heavy atom. The molecule has 0 amide bonds. The van der Waals surface area contributed by atoms with E-state index in [9.17, 15) is 0 Å². The van der Waals surface area contributed by atoms with Crippen LogP contribution in [0.15, 0.2) is 0 Å². The molecule has 0 radical (unpaired) electrons. The summed E-state index contributed by atoms with van der Waals surface area (Å²) in [5.41, 5.74) is 6.04. The molecule has 0 aliphatic rings. The zero-order valence-electron chi connectivity index (χ0n) is 11.3. The maximum atomic E-state index is 5.79. The molecular weight excluding hydrogens is 184 g/mol. The lowest BCUT2D eigenvalue weighted by molar-refractivity contribution is 0.162. The fourth-order valence-electron chi connectivity index (χ4n) is 1.79. The SMILES string of the molecule is CCCN(CC(C)CC)CC(C)(C)CN. The monoisotopic (exact) mass is 214 g/mol. The van der Waals surface area contributed by atoms with Gasteiger partial charge in [-0.3, -0.25) is 0 Å². The van der Waals surface area contributed by atoms with Gasteiger partial charge in [0.2, 0.25) is 0 Å². The number of nitrogens with zero attached hydrogens (tertiary/aromatic N) is 1. The van der Waals surface area contributed by atoms with Gasteiger partial charge in [0, 0.05) is 13.1 Å². The van der Waals surface area contributed by atoms with E-state index in [0.29, 0.717) is 0 Å². The summed E-state index contributed by atoms with van der Waals surface area (Å²) in [7, 11) is 0. The highest BCUT2D eigenvalue weighted by Crippen LogP contribution is 2.16. The molecule has 92 valence electrons. The van der Waals surface area contributed by atoms with Gasteiger partial charge in [-0.25, -0.2) is 0 Å². The van der Waals surface area contributed by atoms with E-state index in [1.54, 1.807) is 0 Å². The molecule has 0 rings (SSSR count). The number of rotatable bonds is 8. The molecule has 0 aliphatic heterocycles. The molecule has 15 heavy (non-hydrogen) atoms. The summed E-state index contributed by atoms with van der Waals surface area (Å²) >= 11 is 0. The first-order valence-electron chi connectivity index (χ1n) is 6.37. The molecule has 0 aromatic rings. The molecule has 0 aromatic carbocycles. The predicted octanol–water partition coefficient (Wildman–Crippen LogP) is 2.73. The van der Waals surface area contributed by atoms with Gasteiger partial charge >= 0.3 is 0 Å². The van der Waals surface area contributed by atoms with Crippen LogP contribution in [-0.2, 0) is 0 Å². The van der Waals surface area contributed by atoms with Crippen molar-refractivity contribution in [3.63, 3.8) is 0 Å². The van der Waals surface area contributed by atoms with E-state index in [-0.39, 0.29) is 5.41 Å². The second-order valence-corrected chi connectivity index (χ2v) is 5.62. The van der Waals surface area contributed by atoms with E-state index in [0.717, 1.165) is 19.0 Å². The maximum absolute atomic E-state index is 5.79. The van der Waals surface area contributed by atoms with Crippen molar-refractivity contribution in [2.45, 2.75) is 47.5 Å². The fourth-order valence-corrected chi connectivity index (χ4v) is 1.79. The lowest BCUT2D eigenvalue weighted by Crippen LogP contribution is -2.41. The summed E-state index contributed by atoms with van der Waals surface area (Å²) in [5.74, 6) is 0.796. The van der Waals surface area contributed by atoms with Crippen molar-refractivity contribution < 1.29 is 0 Å². The third kappa shape index (κ3) is 6.91. The lowest BCUT2D eigenvalue weighted by atomic mass is 9.92. The molecule has 2 nitrogen and oxygen atoms in total. The Morgan fingerprint density at radius 1 is 1.27 bits per heavy atom. The zero-order valence-corrected chi connectivity index (χ0v) is 11.3. The molecule has 0 aromatic heterocycles. The average Bonchev–Trinajstić information content (AvgIpc) is 2.17. The summed E-state index contributed by atoms with van der Waals surface area (Å²) in [6, 6.07) is 0. The van der Waals surface area contributed by atoms with E-state index in [1.165, 1.54) is 25.9 Å². The second kappa shape index (κ2) is 7.24. The third-order valence-corrected chi connectivity index (χ3v) is 3.01. The summed E-state index contributed by atoms with van der Waals surface area (Å²) in [6.07, 6.45) is 2.50. The number of hydrogen-bond acceptors (Lipinski definition) is 2. The van der Waals surface area contributed by atoms with Gasteiger partial charge in [0.1, 0.15) is 0 Å². The van der Waals surface area contributed by atoms with Crippen molar-refractivity contribution in [3.8, 4) is 0 Å². The van der Waals surface area contributed by atoms with E-state index in [4.69, 9.17) is 5.73 Å². The van der Waals surface area contributed by atoms with Crippen molar-refractivity contribution in [1.29, 1.82) is 0 Å². The Labute approximate surface area is 96.2 Å². The van der Waals surface area contributed by atoms with Crippen LogP contribution in [0.1, 0.15) is 47.5 Å². The minimum Gasteiger partial charge on any atom is -0.330 e. The largest absolute Gasteiger partial charge is 0.330 e. The van der Waals surface area contributed by atoms with Gasteiger partial charge in [-0.2, -0.15) is 0 Å². The van der Waals surface area contributed by atoms with Crippen molar-refractivity contribution >= 4 is 0 Å². The molecule has 0 fully saturated rings. The average molecular weight is 214 g/mol. The number of hydrogen-bond donors (Lipinski definition) is 1. The van der Waals surface area contributed by atoms with E-state index >= 15 is 0 Å². The first kappa shape index (κ1) is 14.9. The van der Waals surface area contributed by atoms with Crippen LogP contribution in [0.3, 0.4) is 0 Å². The van der Waals surface area contributed by atoms with Crippen LogP contribution in [0.2, 0.25) is 0 Å². The van der Waals surface area contributed by atoms with Crippen molar-refractivity contribution in [2.24, 2.45) is 17.1 Å². The van der Waals surface area contributed by atoms with E-state index in [2.05, 4.69) is 39.5 Å². The van der Waals surface area contributed by atoms with Crippen LogP contribution < -0.4 is 5.73 Å². The van der Waals surface area contributed by atoms with Crippen LogP contribution in [0, 0.1) is 11.3 Å². The van der Waals surface area contributed by atoms with Gasteiger partial charge in [0.15, 0.2) is 0 Å². The Kier molecular flexibility index (Phi) is 7.20. The smallest absolute Gasteiger partial charge is 0.00449 e. The first-order chi connectivity index (χ1) is 6.95. The van der Waals surface area contributed by atoms with Crippen LogP contribution in [0.25, 0.3) is 0 Å². The summed E-state index contributed by atoms with van der Waals surface area (Å²) < 4.78 is 0. The molecular formula is C13H30N2. The quantitative estimate of drug-likeness (QED) is 0.673. The Bertz CT molecular complexity index is 155. The Balaban J connectivity index is 4.14. The molecule has 0 heterocycles. The van der Waals surface area contributed by atoms with Gasteiger partial charge < -0.3 is 10.6 Å². The van der Waals surface area contributed by atoms with Gasteiger partial charge in [-0.1, -0.05) is 41.0 Å². The predicted molar refractivity (Wildman–Crippen MR) is 69.0 cm³/mol. The van der Waals surface area contributed by atoms with Crippen LogP contribution in [0.5, 0.6) is 0 Å². The van der Waals surface area contributed by atoms with E-state index < -0.39 is 0 Å². The highest BCUT2D eigenvalue weighted by atomic mass is 15.1. The fraction of sp³-hybridized carbons (Fsp3) is 1.00. The molecule has 0 aliphatic carbocycles. The molecule has 0 bridgehead atoms. The van der Waals surface area contributed by atoms with Crippen LogP contribution >= 0.6 is 0 Å². The van der Waals surface area contributed by atoms with Crippen LogP contribution in [0.4, 0.5) is 0 Å². The molecule has 2 N–H and O–H groups in total. The summed E-state index contributed by atoms with van der Waals surface area (Å²) in [6.45, 7) is 15.7. The summed E-state index contributed by atoms with van der Waals surface area (Å²) in [4.78, 5) is 2.57. The highest BCUT2D eigenvalue weighted by Gasteiger charge is 2.20. The standard InChI is InChI=1S/C13H30N2/c1-6-8-15(9-12(3)7-2)11-13(4,5)10-14/h12H,6-11,14H2,1-5H3. The van der Waals surface area contributed by atoms with Crippen molar-refractivity contribution in [2.75, 3.05) is 26.2 Å². The molecule has 0 spiro atoms. The Morgan fingerprint density at radius 3 is 2.27 bits per heavy atom. The number of nitrogens with two attached hydrogens (primary N) is 1. The van der Waals surface area contributed by atoms with Gasteiger partial charge in [0.05, 0.1) is 0 Å². The zero-order chi connectivity index (χ0) is 11.9. The second-order valence-electron chi connectivity index (χ2n) is 5.62. The van der Waals surface area contributed by atoms with Gasteiger partial charge in [0.25, 0.3) is 0 Å². The molecule has 1 atom stereocenters. The van der Waals surface area contributed by atoms with Gasteiger partial charge in [-0.05, 0) is 30.8 Å². The topological polar surface area (TPSA) is 29.3 Å². The highest BCUT2D eigenvalue weighted by molar-refractivity contribution is 4.75. The lowest BCUT2D eigenvalue weighted by Gasteiger charge is -2.33. The minimum atomic E-state index is 0.253. The van der Waals surface area contributed by atoms with Crippen molar-refractivity contribution in [1.82, 2.24) is 4.90 Å². The Hall–Kier alpha value is -0.0800. The normalized spacial score (nSPS) is 14.6. The van der Waals surface area contributed by atoms with Gasteiger partial charge in [-0.15, -0.1) is 0 Å². The van der Waals surface area contributed by atoms with E-state index in [1.807, 2.05) is 0 Å². The third-order valence-electron chi connectivity index (χ3n) is 3.01. The molecule has 1 unspecified atom stereocenters. The minimum absolute atomic E-state index is 0.253. The molecule has 0 saturated carbocycles. The van der Waals surface area contributed by atoms with Crippen molar-refractivity contribution in [3.05, 3.63) is 0 Å². The van der Waals surface area contributed by atoms with Crippen LogP contribution in [-0.4, -0.2) is 31.1 Å². The first-order valence-corrected chi connectivity index (χ1v) is 6.37. The maximum Gasteiger partial charge on any atom is 0.00449 e. The summed E-state index contributed by atoms with van der Waals surface area (Å²) in [5, 5.41) is 0.